The maximum absolute atomic E-state index is 13.2. The number of aromatic carboxylic acids is 1. The van der Waals surface area contributed by atoms with E-state index in [2.05, 4.69) is 10.1 Å². The summed E-state index contributed by atoms with van der Waals surface area (Å²) >= 11 is 0. The van der Waals surface area contributed by atoms with E-state index in [0.29, 0.717) is 12.8 Å². The summed E-state index contributed by atoms with van der Waals surface area (Å²) < 4.78 is 40.3. The normalized spacial score (nSPS) is 10.8. The van der Waals surface area contributed by atoms with Crippen molar-refractivity contribution in [1.82, 2.24) is 14.8 Å². The van der Waals surface area contributed by atoms with Crippen LogP contribution in [0.25, 0.3) is 5.69 Å². The molecule has 0 atom stereocenters. The molecule has 0 amide bonds. The van der Waals surface area contributed by atoms with Crippen molar-refractivity contribution in [2.24, 2.45) is 0 Å². The van der Waals surface area contributed by atoms with Gasteiger partial charge >= 0.3 is 5.97 Å². The maximum Gasteiger partial charge on any atom is 0.375 e. The number of carboxylic acid groups (broad SMARTS) is 1. The smallest absolute Gasteiger partial charge is 0.375 e. The van der Waals surface area contributed by atoms with Crippen LogP contribution in [0.4, 0.5) is 13.2 Å². The molecule has 0 fully saturated rings. The van der Waals surface area contributed by atoms with Crippen LogP contribution in [-0.2, 0) is 6.42 Å². The Hall–Kier alpha value is -2.38. The quantitative estimate of drug-likeness (QED) is 0.875. The zero-order valence-corrected chi connectivity index (χ0v) is 10.4. The largest absolute Gasteiger partial charge is 0.475 e. The Balaban J connectivity index is 2.58. The monoisotopic (exact) mass is 285 g/mol. The zero-order valence-electron chi connectivity index (χ0n) is 10.4. The summed E-state index contributed by atoms with van der Waals surface area (Å²) in [6, 6.07) is 1.47. The van der Waals surface area contributed by atoms with Gasteiger partial charge in [0.1, 0.15) is 5.82 Å². The molecule has 0 aliphatic rings. The number of hydrogen-bond acceptors (Lipinski definition) is 3. The molecular formula is C12H10F3N3O2. The topological polar surface area (TPSA) is 68.0 Å². The summed E-state index contributed by atoms with van der Waals surface area (Å²) in [5.74, 6) is -5.97. The van der Waals surface area contributed by atoms with Gasteiger partial charge in [0.05, 0.1) is 5.69 Å². The van der Waals surface area contributed by atoms with Gasteiger partial charge in [-0.3, -0.25) is 0 Å². The summed E-state index contributed by atoms with van der Waals surface area (Å²) in [6.07, 6.45) is 0.991. The van der Waals surface area contributed by atoms with Gasteiger partial charge in [0.25, 0.3) is 5.82 Å². The number of hydrogen-bond donors (Lipinski definition) is 1. The van der Waals surface area contributed by atoms with Crippen molar-refractivity contribution >= 4 is 5.97 Å². The fourth-order valence-corrected chi connectivity index (χ4v) is 1.69. The number of aryl methyl sites for hydroxylation is 1. The van der Waals surface area contributed by atoms with Gasteiger partial charge in [-0.05, 0) is 6.42 Å². The molecule has 106 valence electrons. The van der Waals surface area contributed by atoms with Gasteiger partial charge in [-0.2, -0.15) is 0 Å². The average molecular weight is 285 g/mol. The maximum atomic E-state index is 13.2. The summed E-state index contributed by atoms with van der Waals surface area (Å²) in [7, 11) is 0. The van der Waals surface area contributed by atoms with E-state index in [1.807, 2.05) is 6.92 Å². The number of benzene rings is 1. The summed E-state index contributed by atoms with van der Waals surface area (Å²) in [5.41, 5.74) is -0.121. The summed E-state index contributed by atoms with van der Waals surface area (Å²) in [5, 5.41) is 12.5. The fraction of sp³-hybridized carbons (Fsp3) is 0.250. The molecular weight excluding hydrogens is 275 g/mol. The fourth-order valence-electron chi connectivity index (χ4n) is 1.69. The van der Waals surface area contributed by atoms with Gasteiger partial charge < -0.3 is 5.11 Å². The lowest BCUT2D eigenvalue weighted by molar-refractivity contribution is 0.0683. The molecule has 1 aromatic heterocycles. The van der Waals surface area contributed by atoms with Gasteiger partial charge in [0.2, 0.25) is 0 Å². The second-order valence-corrected chi connectivity index (χ2v) is 4.04. The van der Waals surface area contributed by atoms with Crippen LogP contribution in [0.15, 0.2) is 12.1 Å². The van der Waals surface area contributed by atoms with Crippen LogP contribution in [-0.4, -0.2) is 25.8 Å². The molecule has 0 spiro atoms. The molecule has 0 saturated heterocycles. The van der Waals surface area contributed by atoms with E-state index < -0.39 is 29.2 Å². The van der Waals surface area contributed by atoms with Gasteiger partial charge in [-0.15, -0.1) is 5.10 Å². The first-order valence-corrected chi connectivity index (χ1v) is 5.78. The minimum atomic E-state index is -1.59. The molecule has 0 bridgehead atoms. The van der Waals surface area contributed by atoms with E-state index >= 15 is 0 Å². The molecule has 5 nitrogen and oxygen atoms in total. The number of rotatable bonds is 4. The third-order valence-corrected chi connectivity index (χ3v) is 2.55. The highest BCUT2D eigenvalue weighted by atomic mass is 19.2. The molecule has 1 N–H and O–H groups in total. The summed E-state index contributed by atoms with van der Waals surface area (Å²) in [6.45, 7) is 1.82. The third-order valence-electron chi connectivity index (χ3n) is 2.55. The van der Waals surface area contributed by atoms with Crippen molar-refractivity contribution in [2.75, 3.05) is 0 Å². The number of aromatic nitrogens is 3. The average Bonchev–Trinajstić information content (AvgIpc) is 2.80. The molecule has 2 aromatic rings. The van der Waals surface area contributed by atoms with E-state index in [1.54, 1.807) is 0 Å². The number of halogens is 3. The molecule has 0 saturated carbocycles. The molecule has 2 rings (SSSR count). The first-order valence-electron chi connectivity index (χ1n) is 5.78. The lowest BCUT2D eigenvalue weighted by Crippen LogP contribution is -2.06. The van der Waals surface area contributed by atoms with E-state index in [9.17, 15) is 18.0 Å². The van der Waals surface area contributed by atoms with Crippen LogP contribution in [0.2, 0.25) is 0 Å². The number of nitrogens with zero attached hydrogens (tertiary/aromatic N) is 3. The Morgan fingerprint density at radius 2 is 1.90 bits per heavy atom. The highest BCUT2D eigenvalue weighted by Gasteiger charge is 2.18. The third kappa shape index (κ3) is 2.49. The van der Waals surface area contributed by atoms with E-state index in [0.717, 1.165) is 16.8 Å². The highest BCUT2D eigenvalue weighted by Crippen LogP contribution is 2.18. The molecule has 1 heterocycles. The van der Waals surface area contributed by atoms with Gasteiger partial charge in [0, 0.05) is 18.6 Å². The van der Waals surface area contributed by atoms with Gasteiger partial charge in [-0.25, -0.2) is 27.6 Å². The standard InChI is InChI=1S/C12H10F3N3O2/c1-2-3-9-16-11(12(19)20)17-18(9)6-4-7(13)10(15)8(14)5-6/h4-5H,2-3H2,1H3,(H,19,20). The van der Waals surface area contributed by atoms with Crippen molar-refractivity contribution in [2.45, 2.75) is 19.8 Å². The molecule has 0 radical (unpaired) electrons. The Morgan fingerprint density at radius 1 is 1.30 bits per heavy atom. The number of carboxylic acids is 1. The minimum absolute atomic E-state index is 0.121. The molecule has 0 aliphatic heterocycles. The van der Waals surface area contributed by atoms with Crippen molar-refractivity contribution in [1.29, 1.82) is 0 Å². The lowest BCUT2D eigenvalue weighted by Gasteiger charge is -2.06. The van der Waals surface area contributed by atoms with Crippen LogP contribution < -0.4 is 0 Å². The molecule has 0 unspecified atom stereocenters. The van der Waals surface area contributed by atoms with Crippen molar-refractivity contribution < 1.29 is 23.1 Å². The first kappa shape index (κ1) is 14.0. The number of carbonyl (C=O) groups is 1. The minimum Gasteiger partial charge on any atom is -0.475 e. The van der Waals surface area contributed by atoms with Crippen LogP contribution in [0.3, 0.4) is 0 Å². The van der Waals surface area contributed by atoms with Crippen LogP contribution in [0.5, 0.6) is 0 Å². The Bertz CT molecular complexity index is 647. The predicted molar refractivity (Wildman–Crippen MR) is 62.2 cm³/mol. The van der Waals surface area contributed by atoms with Crippen molar-refractivity contribution in [3.05, 3.63) is 41.2 Å². The second-order valence-electron chi connectivity index (χ2n) is 4.04. The van der Waals surface area contributed by atoms with E-state index in [-0.39, 0.29) is 11.5 Å². The van der Waals surface area contributed by atoms with Crippen LogP contribution in [0, 0.1) is 17.5 Å². The predicted octanol–water partition coefficient (Wildman–Crippen LogP) is 2.34. The molecule has 20 heavy (non-hydrogen) atoms. The van der Waals surface area contributed by atoms with Crippen molar-refractivity contribution in [3.8, 4) is 5.69 Å². The molecule has 8 heteroatoms. The Kier molecular flexibility index (Phi) is 3.73. The summed E-state index contributed by atoms with van der Waals surface area (Å²) in [4.78, 5) is 14.6. The van der Waals surface area contributed by atoms with E-state index in [1.165, 1.54) is 0 Å². The first-order chi connectivity index (χ1) is 9.43. The van der Waals surface area contributed by atoms with Gasteiger partial charge in [-0.1, -0.05) is 6.92 Å². The van der Waals surface area contributed by atoms with Crippen LogP contribution >= 0.6 is 0 Å². The highest BCUT2D eigenvalue weighted by molar-refractivity contribution is 5.83. The lowest BCUT2D eigenvalue weighted by atomic mass is 10.2. The van der Waals surface area contributed by atoms with Crippen molar-refractivity contribution in [3.63, 3.8) is 0 Å². The van der Waals surface area contributed by atoms with Crippen LogP contribution in [0.1, 0.15) is 29.8 Å². The SMILES string of the molecule is CCCc1nc(C(=O)O)nn1-c1cc(F)c(F)c(F)c1. The molecule has 1 aromatic carbocycles. The van der Waals surface area contributed by atoms with E-state index in [4.69, 9.17) is 5.11 Å². The Labute approximate surface area is 111 Å². The molecule has 0 aliphatic carbocycles. The Morgan fingerprint density at radius 3 is 2.40 bits per heavy atom. The zero-order chi connectivity index (χ0) is 14.9. The van der Waals surface area contributed by atoms with Gasteiger partial charge in [0.15, 0.2) is 17.5 Å². The second kappa shape index (κ2) is 5.32.